The normalized spacial score (nSPS) is 19.5. The number of hydrogen-bond acceptors (Lipinski definition) is 2. The first-order valence-electron chi connectivity index (χ1n) is 7.32. The predicted molar refractivity (Wildman–Crippen MR) is 83.1 cm³/mol. The van der Waals surface area contributed by atoms with Crippen LogP contribution in [0.3, 0.4) is 0 Å². The van der Waals surface area contributed by atoms with E-state index in [1.807, 2.05) is 12.1 Å². The van der Waals surface area contributed by atoms with E-state index in [-0.39, 0.29) is 12.1 Å². The lowest BCUT2D eigenvalue weighted by Gasteiger charge is -2.19. The minimum Gasteiger partial charge on any atom is -0.392 e. The lowest BCUT2D eigenvalue weighted by Crippen LogP contribution is -2.30. The summed E-state index contributed by atoms with van der Waals surface area (Å²) >= 11 is 3.49. The Morgan fingerprint density at radius 3 is 2.79 bits per heavy atom. The van der Waals surface area contributed by atoms with Crippen LogP contribution in [0, 0.1) is 5.92 Å². The molecule has 2 rings (SSSR count). The number of aliphatic hydroxyl groups is 1. The topological polar surface area (TPSA) is 32.3 Å². The molecule has 0 bridgehead atoms. The molecule has 3 heteroatoms. The summed E-state index contributed by atoms with van der Waals surface area (Å²) in [7, 11) is 0. The van der Waals surface area contributed by atoms with Crippen LogP contribution >= 0.6 is 15.9 Å². The molecule has 2 unspecified atom stereocenters. The zero-order valence-corrected chi connectivity index (χ0v) is 13.2. The molecule has 2 atom stereocenters. The van der Waals surface area contributed by atoms with E-state index in [1.165, 1.54) is 31.2 Å². The minimum atomic E-state index is -0.210. The first-order valence-corrected chi connectivity index (χ1v) is 8.11. The molecular formula is C16H24BrNO. The van der Waals surface area contributed by atoms with Crippen LogP contribution in [0.5, 0.6) is 0 Å². The number of halogens is 1. The Kier molecular flexibility index (Phi) is 5.86. The molecule has 19 heavy (non-hydrogen) atoms. The van der Waals surface area contributed by atoms with Crippen molar-refractivity contribution in [2.75, 3.05) is 6.54 Å². The van der Waals surface area contributed by atoms with Crippen molar-refractivity contribution in [3.63, 3.8) is 0 Å². The molecule has 1 aliphatic carbocycles. The van der Waals surface area contributed by atoms with Gasteiger partial charge in [-0.25, -0.2) is 0 Å². The van der Waals surface area contributed by atoms with Gasteiger partial charge in [-0.2, -0.15) is 0 Å². The maximum atomic E-state index is 10.1. The van der Waals surface area contributed by atoms with Crippen molar-refractivity contribution < 1.29 is 5.11 Å². The van der Waals surface area contributed by atoms with Crippen molar-refractivity contribution in [3.8, 4) is 0 Å². The standard InChI is InChI=1S/C16H24BrNO/c1-12(14-7-4-8-15(17)10-14)18-11-16(19)9-13-5-2-3-6-13/h4,7-8,10,12-13,16,18-19H,2-3,5-6,9,11H2,1H3. The number of hydrogen-bond donors (Lipinski definition) is 2. The lowest BCUT2D eigenvalue weighted by atomic mass is 10.00. The van der Waals surface area contributed by atoms with E-state index in [0.717, 1.165) is 16.8 Å². The Balaban J connectivity index is 1.74. The molecule has 0 heterocycles. The minimum absolute atomic E-state index is 0.210. The van der Waals surface area contributed by atoms with Gasteiger partial charge in [-0.1, -0.05) is 53.7 Å². The number of benzene rings is 1. The molecule has 0 aromatic heterocycles. The van der Waals surface area contributed by atoms with Crippen LogP contribution in [0.15, 0.2) is 28.7 Å². The maximum Gasteiger partial charge on any atom is 0.0667 e. The van der Waals surface area contributed by atoms with Gasteiger partial charge in [-0.3, -0.25) is 0 Å². The van der Waals surface area contributed by atoms with Crippen molar-refractivity contribution in [1.82, 2.24) is 5.32 Å². The van der Waals surface area contributed by atoms with Crippen LogP contribution < -0.4 is 5.32 Å². The van der Waals surface area contributed by atoms with Crippen LogP contribution in [0.4, 0.5) is 0 Å². The third kappa shape index (κ3) is 4.90. The van der Waals surface area contributed by atoms with Gasteiger partial charge in [0.05, 0.1) is 6.10 Å². The molecule has 2 nitrogen and oxygen atoms in total. The van der Waals surface area contributed by atoms with Gasteiger partial charge in [0.25, 0.3) is 0 Å². The molecule has 0 aliphatic heterocycles. The van der Waals surface area contributed by atoms with Crippen molar-refractivity contribution >= 4 is 15.9 Å². The van der Waals surface area contributed by atoms with Gasteiger partial charge in [0, 0.05) is 17.1 Å². The Morgan fingerprint density at radius 1 is 1.37 bits per heavy atom. The van der Waals surface area contributed by atoms with Crippen molar-refractivity contribution in [1.29, 1.82) is 0 Å². The lowest BCUT2D eigenvalue weighted by molar-refractivity contribution is 0.137. The predicted octanol–water partition coefficient (Wildman–Crippen LogP) is 4.04. The van der Waals surface area contributed by atoms with Gasteiger partial charge in [-0.05, 0) is 37.0 Å². The third-order valence-corrected chi connectivity index (χ3v) is 4.58. The van der Waals surface area contributed by atoms with Crippen LogP contribution in [0.1, 0.15) is 50.6 Å². The fourth-order valence-electron chi connectivity index (χ4n) is 2.92. The molecule has 0 amide bonds. The average molecular weight is 326 g/mol. The fourth-order valence-corrected chi connectivity index (χ4v) is 3.34. The second-order valence-corrected chi connectivity index (χ2v) is 6.64. The highest BCUT2D eigenvalue weighted by Gasteiger charge is 2.19. The van der Waals surface area contributed by atoms with Crippen molar-refractivity contribution in [2.24, 2.45) is 5.92 Å². The number of nitrogens with one attached hydrogen (secondary N) is 1. The highest BCUT2D eigenvalue weighted by atomic mass is 79.9. The van der Waals surface area contributed by atoms with Gasteiger partial charge in [0.2, 0.25) is 0 Å². The summed E-state index contributed by atoms with van der Waals surface area (Å²) in [5, 5.41) is 13.5. The first-order chi connectivity index (χ1) is 9.15. The molecular weight excluding hydrogens is 302 g/mol. The molecule has 1 aliphatic rings. The van der Waals surface area contributed by atoms with Gasteiger partial charge in [0.1, 0.15) is 0 Å². The summed E-state index contributed by atoms with van der Waals surface area (Å²) < 4.78 is 1.10. The quantitative estimate of drug-likeness (QED) is 0.827. The molecule has 1 saturated carbocycles. The summed E-state index contributed by atoms with van der Waals surface area (Å²) in [4.78, 5) is 0. The highest BCUT2D eigenvalue weighted by molar-refractivity contribution is 9.10. The monoisotopic (exact) mass is 325 g/mol. The van der Waals surface area contributed by atoms with Crippen LogP contribution in [0.2, 0.25) is 0 Å². The molecule has 1 fully saturated rings. The van der Waals surface area contributed by atoms with Crippen LogP contribution in [0.25, 0.3) is 0 Å². The fraction of sp³-hybridized carbons (Fsp3) is 0.625. The van der Waals surface area contributed by atoms with E-state index in [9.17, 15) is 5.11 Å². The van der Waals surface area contributed by atoms with E-state index in [4.69, 9.17) is 0 Å². The third-order valence-electron chi connectivity index (χ3n) is 4.09. The molecule has 0 spiro atoms. The molecule has 0 radical (unpaired) electrons. The number of aliphatic hydroxyl groups excluding tert-OH is 1. The molecule has 2 N–H and O–H groups in total. The summed E-state index contributed by atoms with van der Waals surface area (Å²) in [5.41, 5.74) is 1.25. The average Bonchev–Trinajstić information content (AvgIpc) is 2.88. The highest BCUT2D eigenvalue weighted by Crippen LogP contribution is 2.28. The molecule has 0 saturated heterocycles. The van der Waals surface area contributed by atoms with E-state index in [2.05, 4.69) is 40.3 Å². The smallest absolute Gasteiger partial charge is 0.0667 e. The SMILES string of the molecule is CC(NCC(O)CC1CCCC1)c1cccc(Br)c1. The summed E-state index contributed by atoms with van der Waals surface area (Å²) in [6.07, 6.45) is 6.05. The maximum absolute atomic E-state index is 10.1. The van der Waals surface area contributed by atoms with E-state index >= 15 is 0 Å². The Morgan fingerprint density at radius 2 is 2.11 bits per heavy atom. The van der Waals surface area contributed by atoms with Gasteiger partial charge >= 0.3 is 0 Å². The summed E-state index contributed by atoms with van der Waals surface area (Å²) in [6, 6.07) is 8.60. The molecule has 1 aromatic rings. The van der Waals surface area contributed by atoms with Crippen LogP contribution in [-0.4, -0.2) is 17.8 Å². The van der Waals surface area contributed by atoms with Crippen LogP contribution in [-0.2, 0) is 0 Å². The van der Waals surface area contributed by atoms with E-state index < -0.39 is 0 Å². The van der Waals surface area contributed by atoms with E-state index in [1.54, 1.807) is 0 Å². The van der Waals surface area contributed by atoms with Crippen molar-refractivity contribution in [2.45, 2.75) is 51.2 Å². The zero-order chi connectivity index (χ0) is 13.7. The Hall–Kier alpha value is -0.380. The van der Waals surface area contributed by atoms with E-state index in [0.29, 0.717) is 6.54 Å². The van der Waals surface area contributed by atoms with Crippen molar-refractivity contribution in [3.05, 3.63) is 34.3 Å². The Labute approximate surface area is 124 Å². The first kappa shape index (κ1) is 15.0. The molecule has 1 aromatic carbocycles. The molecule has 106 valence electrons. The van der Waals surface area contributed by atoms with Gasteiger partial charge in [0.15, 0.2) is 0 Å². The van der Waals surface area contributed by atoms with Gasteiger partial charge < -0.3 is 10.4 Å². The number of rotatable bonds is 6. The summed E-state index contributed by atoms with van der Waals surface area (Å²) in [5.74, 6) is 0.748. The second kappa shape index (κ2) is 7.41. The summed E-state index contributed by atoms with van der Waals surface area (Å²) in [6.45, 7) is 2.83. The Bertz CT molecular complexity index is 390. The second-order valence-electron chi connectivity index (χ2n) is 5.72. The zero-order valence-electron chi connectivity index (χ0n) is 11.6. The van der Waals surface area contributed by atoms with Gasteiger partial charge in [-0.15, -0.1) is 0 Å². The largest absolute Gasteiger partial charge is 0.392 e.